The Bertz CT molecular complexity index is 559. The molecule has 1 aromatic rings. The summed E-state index contributed by atoms with van der Waals surface area (Å²) < 4.78 is 10.1. The van der Waals surface area contributed by atoms with E-state index in [9.17, 15) is 9.59 Å². The first-order valence-corrected chi connectivity index (χ1v) is 8.33. The lowest BCUT2D eigenvalue weighted by Gasteiger charge is -2.22. The van der Waals surface area contributed by atoms with Gasteiger partial charge < -0.3 is 14.8 Å². The highest BCUT2D eigenvalue weighted by atomic mass is 35.5. The number of carbonyl (C=O) groups excluding carboxylic acids is 2. The molecule has 1 aliphatic carbocycles. The second-order valence-corrected chi connectivity index (χ2v) is 6.27. The maximum absolute atomic E-state index is 11.7. The summed E-state index contributed by atoms with van der Waals surface area (Å²) in [7, 11) is 0. The minimum absolute atomic E-state index is 0.194. The molecule has 7 heteroatoms. The van der Waals surface area contributed by atoms with Crippen LogP contribution in [0.4, 0.5) is 0 Å². The predicted molar refractivity (Wildman–Crippen MR) is 87.9 cm³/mol. The monoisotopic (exact) mass is 359 g/mol. The maximum Gasteiger partial charge on any atom is 0.344 e. The van der Waals surface area contributed by atoms with Crippen molar-refractivity contribution >= 4 is 35.1 Å². The number of hydrogen-bond acceptors (Lipinski definition) is 4. The summed E-state index contributed by atoms with van der Waals surface area (Å²) in [4.78, 5) is 23.3. The van der Waals surface area contributed by atoms with Crippen LogP contribution in [-0.2, 0) is 14.3 Å². The lowest BCUT2D eigenvalue weighted by atomic mass is 9.95. The summed E-state index contributed by atoms with van der Waals surface area (Å²) in [6.45, 7) is -0.620. The maximum atomic E-state index is 11.7. The number of carbonyl (C=O) groups is 2. The molecule has 0 unspecified atom stereocenters. The van der Waals surface area contributed by atoms with Gasteiger partial charge in [-0.1, -0.05) is 42.5 Å². The molecule has 2 rings (SSSR count). The van der Waals surface area contributed by atoms with Crippen molar-refractivity contribution in [2.24, 2.45) is 0 Å². The van der Waals surface area contributed by atoms with Gasteiger partial charge in [0.05, 0.1) is 5.02 Å². The third-order valence-electron chi connectivity index (χ3n) is 3.57. The van der Waals surface area contributed by atoms with E-state index in [2.05, 4.69) is 5.32 Å². The second-order valence-electron chi connectivity index (χ2n) is 5.43. The summed E-state index contributed by atoms with van der Waals surface area (Å²) >= 11 is 11.7. The molecule has 1 fully saturated rings. The highest BCUT2D eigenvalue weighted by Gasteiger charge is 2.16. The normalized spacial score (nSPS) is 15.0. The standard InChI is InChI=1S/C16H19Cl2NO4/c17-11-6-7-14(13(18)8-11)22-10-16(21)23-9-15(20)19-12-4-2-1-3-5-12/h6-8,12H,1-5,9-10H2,(H,19,20). The average molecular weight is 360 g/mol. The van der Waals surface area contributed by atoms with Crippen molar-refractivity contribution in [1.82, 2.24) is 5.32 Å². The van der Waals surface area contributed by atoms with Crippen molar-refractivity contribution in [3.63, 3.8) is 0 Å². The molecule has 126 valence electrons. The quantitative estimate of drug-likeness (QED) is 0.790. The summed E-state index contributed by atoms with van der Waals surface area (Å²) in [5, 5.41) is 3.65. The van der Waals surface area contributed by atoms with Crippen LogP contribution in [0.25, 0.3) is 0 Å². The van der Waals surface area contributed by atoms with Crippen molar-refractivity contribution in [1.29, 1.82) is 0 Å². The molecule has 0 spiro atoms. The molecule has 5 nitrogen and oxygen atoms in total. The van der Waals surface area contributed by atoms with E-state index < -0.39 is 5.97 Å². The lowest BCUT2D eigenvalue weighted by molar-refractivity contribution is -0.150. The van der Waals surface area contributed by atoms with Gasteiger partial charge >= 0.3 is 5.97 Å². The number of benzene rings is 1. The van der Waals surface area contributed by atoms with Crippen LogP contribution in [0.2, 0.25) is 10.0 Å². The molecule has 0 atom stereocenters. The molecule has 0 bridgehead atoms. The number of ether oxygens (including phenoxy) is 2. The van der Waals surface area contributed by atoms with Gasteiger partial charge in [-0.05, 0) is 31.0 Å². The number of hydrogen-bond donors (Lipinski definition) is 1. The fourth-order valence-electron chi connectivity index (χ4n) is 2.43. The van der Waals surface area contributed by atoms with Crippen LogP contribution in [0.3, 0.4) is 0 Å². The zero-order chi connectivity index (χ0) is 16.7. The van der Waals surface area contributed by atoms with E-state index in [0.29, 0.717) is 15.8 Å². The van der Waals surface area contributed by atoms with Crippen LogP contribution in [0.1, 0.15) is 32.1 Å². The van der Waals surface area contributed by atoms with Gasteiger partial charge in [-0.25, -0.2) is 4.79 Å². The molecule has 1 aliphatic rings. The van der Waals surface area contributed by atoms with Crippen molar-refractivity contribution in [2.75, 3.05) is 13.2 Å². The van der Waals surface area contributed by atoms with Crippen LogP contribution in [0.15, 0.2) is 18.2 Å². The molecule has 1 N–H and O–H groups in total. The Labute approximate surface area is 145 Å². The zero-order valence-corrected chi connectivity index (χ0v) is 14.2. The van der Waals surface area contributed by atoms with E-state index in [4.69, 9.17) is 32.7 Å². The van der Waals surface area contributed by atoms with Gasteiger partial charge in [0.15, 0.2) is 13.2 Å². The van der Waals surface area contributed by atoms with Gasteiger partial charge in [0.1, 0.15) is 5.75 Å². The van der Waals surface area contributed by atoms with E-state index in [-0.39, 0.29) is 25.2 Å². The Balaban J connectivity index is 1.67. The molecule has 0 aromatic heterocycles. The van der Waals surface area contributed by atoms with Crippen LogP contribution in [0.5, 0.6) is 5.75 Å². The Kier molecular flexibility index (Phi) is 6.99. The lowest BCUT2D eigenvalue weighted by Crippen LogP contribution is -2.39. The minimum Gasteiger partial charge on any atom is -0.480 e. The molecule has 1 saturated carbocycles. The fourth-order valence-corrected chi connectivity index (χ4v) is 2.90. The third-order valence-corrected chi connectivity index (χ3v) is 4.10. The molecule has 0 radical (unpaired) electrons. The predicted octanol–water partition coefficient (Wildman–Crippen LogP) is 3.36. The number of esters is 1. The minimum atomic E-state index is -0.630. The SMILES string of the molecule is O=C(COC(=O)COc1ccc(Cl)cc1Cl)NC1CCCCC1. The fraction of sp³-hybridized carbons (Fsp3) is 0.500. The van der Waals surface area contributed by atoms with E-state index in [1.54, 1.807) is 12.1 Å². The summed E-state index contributed by atoms with van der Waals surface area (Å²) in [6, 6.07) is 4.87. The van der Waals surface area contributed by atoms with Gasteiger partial charge in [0, 0.05) is 11.1 Å². The summed E-state index contributed by atoms with van der Waals surface area (Å²) in [6.07, 6.45) is 5.43. The van der Waals surface area contributed by atoms with E-state index >= 15 is 0 Å². The Morgan fingerprint density at radius 2 is 1.87 bits per heavy atom. The number of amides is 1. The molecule has 1 aromatic carbocycles. The largest absolute Gasteiger partial charge is 0.480 e. The van der Waals surface area contributed by atoms with Crippen LogP contribution >= 0.6 is 23.2 Å². The topological polar surface area (TPSA) is 64.6 Å². The van der Waals surface area contributed by atoms with E-state index in [0.717, 1.165) is 25.7 Å². The van der Waals surface area contributed by atoms with Crippen LogP contribution in [-0.4, -0.2) is 31.1 Å². The Hall–Kier alpha value is -1.46. The molecule has 1 amide bonds. The Morgan fingerprint density at radius 3 is 2.57 bits per heavy atom. The highest BCUT2D eigenvalue weighted by molar-refractivity contribution is 6.35. The van der Waals surface area contributed by atoms with Crippen molar-refractivity contribution in [2.45, 2.75) is 38.1 Å². The van der Waals surface area contributed by atoms with Crippen molar-refractivity contribution < 1.29 is 19.1 Å². The van der Waals surface area contributed by atoms with Gasteiger partial charge in [0.25, 0.3) is 5.91 Å². The molecule has 0 heterocycles. The van der Waals surface area contributed by atoms with Crippen LogP contribution in [0, 0.1) is 0 Å². The number of halogens is 2. The van der Waals surface area contributed by atoms with Crippen molar-refractivity contribution in [3.05, 3.63) is 28.2 Å². The Morgan fingerprint density at radius 1 is 1.13 bits per heavy atom. The van der Waals surface area contributed by atoms with Gasteiger partial charge in [-0.3, -0.25) is 4.79 Å². The molecular weight excluding hydrogens is 341 g/mol. The third kappa shape index (κ3) is 6.28. The number of nitrogens with one attached hydrogen (secondary N) is 1. The van der Waals surface area contributed by atoms with Crippen LogP contribution < -0.4 is 10.1 Å². The van der Waals surface area contributed by atoms with Gasteiger partial charge in [-0.15, -0.1) is 0 Å². The first-order chi connectivity index (χ1) is 11.0. The van der Waals surface area contributed by atoms with Crippen molar-refractivity contribution in [3.8, 4) is 5.75 Å². The smallest absolute Gasteiger partial charge is 0.344 e. The van der Waals surface area contributed by atoms with Gasteiger partial charge in [-0.2, -0.15) is 0 Å². The van der Waals surface area contributed by atoms with E-state index in [1.165, 1.54) is 12.5 Å². The first-order valence-electron chi connectivity index (χ1n) is 7.57. The second kappa shape index (κ2) is 8.99. The molecule has 23 heavy (non-hydrogen) atoms. The van der Waals surface area contributed by atoms with Gasteiger partial charge in [0.2, 0.25) is 0 Å². The molecule has 0 saturated heterocycles. The highest BCUT2D eigenvalue weighted by Crippen LogP contribution is 2.27. The first kappa shape index (κ1) is 17.9. The zero-order valence-electron chi connectivity index (χ0n) is 12.6. The summed E-state index contributed by atoms with van der Waals surface area (Å²) in [5.41, 5.74) is 0. The number of rotatable bonds is 6. The van der Waals surface area contributed by atoms with E-state index in [1.807, 2.05) is 0 Å². The average Bonchev–Trinajstić information content (AvgIpc) is 2.53. The molecular formula is C16H19Cl2NO4. The summed E-state index contributed by atoms with van der Waals surface area (Å²) in [5.74, 6) is -0.579. The molecule has 0 aliphatic heterocycles.